The van der Waals surface area contributed by atoms with Crippen LogP contribution < -0.4 is 23.6 Å². The summed E-state index contributed by atoms with van der Waals surface area (Å²) in [5, 5.41) is 4.80. The number of para-hydroxylation sites is 2. The minimum Gasteiger partial charge on any atom is -0.353 e. The highest BCUT2D eigenvalue weighted by molar-refractivity contribution is 7.99. The number of nitrogens with zero attached hydrogens (tertiary/aromatic N) is 6. The van der Waals surface area contributed by atoms with Gasteiger partial charge in [0.05, 0.1) is 16.9 Å². The monoisotopic (exact) mass is 1060 g/mol. The van der Waals surface area contributed by atoms with Gasteiger partial charge >= 0.3 is 15.2 Å². The van der Waals surface area contributed by atoms with Crippen molar-refractivity contribution in [3.8, 4) is 27.9 Å². The number of unbranched alkanes of at least 4 members (excludes halogenated alkanes) is 1. The third kappa shape index (κ3) is 14.0. The zero-order valence-corrected chi connectivity index (χ0v) is 44.2. The Morgan fingerprint density at radius 2 is 1.15 bits per heavy atom. The SMILES string of the molecule is O=P(O)(O)CCCC(CCCCc1cc2cccnc2cc1-[n+]1ccc(-c2cc[n+](Cc3cccc(C[n+]4ccc(-c5cc[n+](CCP(=O)(O)O)cc5)cc4)n3)cc2)cc1)Cc1cccc2c1Nc1ccccc1S2. The van der Waals surface area contributed by atoms with Crippen LogP contribution in [-0.4, -0.2) is 41.9 Å². The van der Waals surface area contributed by atoms with Gasteiger partial charge in [0.15, 0.2) is 69.2 Å². The first-order valence-electron chi connectivity index (χ1n) is 25.4. The lowest BCUT2D eigenvalue weighted by atomic mass is 9.89. The number of anilines is 2. The van der Waals surface area contributed by atoms with E-state index in [4.69, 9.17) is 9.97 Å². The lowest BCUT2D eigenvalue weighted by Gasteiger charge is -2.25. The van der Waals surface area contributed by atoms with Crippen LogP contribution in [0.25, 0.3) is 38.8 Å². The summed E-state index contributed by atoms with van der Waals surface area (Å²) in [6.07, 6.45) is 23.7. The van der Waals surface area contributed by atoms with Crippen LogP contribution in [0.5, 0.6) is 0 Å². The number of hydrogen-bond acceptors (Lipinski definition) is 6. The summed E-state index contributed by atoms with van der Waals surface area (Å²) < 4.78 is 31.3. The zero-order chi connectivity index (χ0) is 51.8. The van der Waals surface area contributed by atoms with Crippen molar-refractivity contribution in [2.45, 2.75) is 74.4 Å². The summed E-state index contributed by atoms with van der Waals surface area (Å²) in [6, 6.07) is 46.2. The maximum atomic E-state index is 11.9. The van der Waals surface area contributed by atoms with E-state index in [0.29, 0.717) is 19.5 Å². The van der Waals surface area contributed by atoms with Gasteiger partial charge in [0.1, 0.15) is 17.5 Å². The molecule has 0 amide bonds. The van der Waals surface area contributed by atoms with E-state index in [1.807, 2.05) is 55.2 Å². The van der Waals surface area contributed by atoms with Gasteiger partial charge in [-0.1, -0.05) is 61.0 Å². The summed E-state index contributed by atoms with van der Waals surface area (Å²) >= 11 is 1.78. The number of aryl methyl sites for hydroxylation is 2. The zero-order valence-electron chi connectivity index (χ0n) is 41.6. The van der Waals surface area contributed by atoms with Crippen LogP contribution in [0.15, 0.2) is 199 Å². The molecule has 0 aliphatic carbocycles. The molecule has 0 saturated heterocycles. The molecule has 75 heavy (non-hydrogen) atoms. The minimum atomic E-state index is -4.08. The average Bonchev–Trinajstić information content (AvgIpc) is 3.41. The highest BCUT2D eigenvalue weighted by Gasteiger charge is 2.23. The summed E-state index contributed by atoms with van der Waals surface area (Å²) in [6.45, 7) is 1.51. The first-order chi connectivity index (χ1) is 36.3. The topological polar surface area (TPSA) is 168 Å². The van der Waals surface area contributed by atoms with Crippen molar-refractivity contribution in [2.75, 3.05) is 17.6 Å². The molecule has 0 saturated carbocycles. The molecule has 0 bridgehead atoms. The van der Waals surface area contributed by atoms with E-state index in [1.54, 1.807) is 16.3 Å². The number of fused-ring (bicyclic) bond motifs is 3. The van der Waals surface area contributed by atoms with E-state index >= 15 is 0 Å². The highest BCUT2D eigenvalue weighted by Crippen LogP contribution is 2.46. The molecule has 10 rings (SSSR count). The van der Waals surface area contributed by atoms with Crippen LogP contribution in [-0.2, 0) is 41.6 Å². The molecule has 6 aromatic heterocycles. The normalized spacial score (nSPS) is 12.7. The lowest BCUT2D eigenvalue weighted by molar-refractivity contribution is -0.692. The van der Waals surface area contributed by atoms with Crippen molar-refractivity contribution in [2.24, 2.45) is 5.92 Å². The number of rotatable bonds is 21. The number of nitrogens with one attached hydrogen (secondary N) is 1. The Hall–Kier alpha value is -6.73. The number of aromatic nitrogens is 6. The quantitative estimate of drug-likeness (QED) is 0.0265. The fourth-order valence-corrected chi connectivity index (χ4v) is 12.0. The smallest absolute Gasteiger partial charge is 0.331 e. The predicted molar refractivity (Wildman–Crippen MR) is 292 cm³/mol. The first kappa shape index (κ1) is 51.7. The summed E-state index contributed by atoms with van der Waals surface area (Å²) in [5.41, 5.74) is 13.0. The molecule has 1 aliphatic rings. The van der Waals surface area contributed by atoms with Gasteiger partial charge < -0.3 is 24.9 Å². The molecule has 3 aromatic carbocycles. The van der Waals surface area contributed by atoms with Gasteiger partial charge in [-0.05, 0) is 108 Å². The molecule has 0 radical (unpaired) electrons. The van der Waals surface area contributed by atoms with Crippen molar-refractivity contribution >= 4 is 49.2 Å². The minimum absolute atomic E-state index is 0.0886. The molecular formula is C59H61N7O6P2S+4. The largest absolute Gasteiger partial charge is 0.353 e. The third-order valence-electron chi connectivity index (χ3n) is 13.8. The second-order valence-electron chi connectivity index (χ2n) is 19.4. The molecule has 16 heteroatoms. The Labute approximate surface area is 441 Å². The van der Waals surface area contributed by atoms with E-state index in [1.165, 1.54) is 20.9 Å². The molecule has 0 fully saturated rings. The van der Waals surface area contributed by atoms with E-state index < -0.39 is 15.2 Å². The van der Waals surface area contributed by atoms with Crippen LogP contribution in [0.4, 0.5) is 11.4 Å². The highest BCUT2D eigenvalue weighted by atomic mass is 32.2. The van der Waals surface area contributed by atoms with Crippen molar-refractivity contribution in [1.82, 2.24) is 9.97 Å². The van der Waals surface area contributed by atoms with Crippen LogP contribution in [0.1, 0.15) is 54.6 Å². The van der Waals surface area contributed by atoms with Gasteiger partial charge in [-0.25, -0.2) is 9.55 Å². The second kappa shape index (κ2) is 23.4. The first-order valence-corrected chi connectivity index (χ1v) is 29.8. The molecule has 5 N–H and O–H groups in total. The van der Waals surface area contributed by atoms with Gasteiger partial charge in [-0.15, -0.1) is 0 Å². The Morgan fingerprint density at radius 1 is 0.560 bits per heavy atom. The Kier molecular flexibility index (Phi) is 16.2. The second-order valence-corrected chi connectivity index (χ2v) is 24.0. The maximum absolute atomic E-state index is 11.9. The molecular weight excluding hydrogens is 997 g/mol. The molecule has 1 unspecified atom stereocenters. The summed E-state index contributed by atoms with van der Waals surface area (Å²) in [5.74, 6) is 0.281. The number of benzene rings is 3. The molecule has 9 aromatic rings. The van der Waals surface area contributed by atoms with Gasteiger partial charge in [0.25, 0.3) is 0 Å². The van der Waals surface area contributed by atoms with Crippen LogP contribution in [0, 0.1) is 5.92 Å². The number of hydrogen-bond donors (Lipinski definition) is 5. The van der Waals surface area contributed by atoms with Crippen molar-refractivity contribution in [3.05, 3.63) is 212 Å². The van der Waals surface area contributed by atoms with E-state index in [2.05, 4.69) is 153 Å². The van der Waals surface area contributed by atoms with Gasteiger partial charge in [0, 0.05) is 87.7 Å². The van der Waals surface area contributed by atoms with E-state index in [0.717, 1.165) is 100 Å². The molecule has 7 heterocycles. The standard InChI is InChI=1S/C59H57N7O6P2S/c67-73(68,69)37-8-10-44(39-51-12-5-18-58-59(51)62-54-16-3-4-17-57(54)75-58)9-1-2-11-50-40-49-13-7-27-60-55(49)41-56(50)66-34-25-48(26-35-66)47-23-32-65(33-24-47)43-53-15-6-14-52(61-53)42-64-30-21-46(22-31-64)45-19-28-63(29-20-45)36-38-74(70,71)72/h3-7,12-35,40-41,44,62H,1-2,8-11,36-39,42-43H2/p+4. The van der Waals surface area contributed by atoms with Crippen LogP contribution in [0.3, 0.4) is 0 Å². The van der Waals surface area contributed by atoms with Crippen molar-refractivity contribution in [3.63, 3.8) is 0 Å². The molecule has 380 valence electrons. The number of pyridine rings is 6. The maximum Gasteiger partial charge on any atom is 0.331 e. The Bertz CT molecular complexity index is 3520. The Morgan fingerprint density at radius 3 is 1.80 bits per heavy atom. The van der Waals surface area contributed by atoms with Crippen molar-refractivity contribution in [1.29, 1.82) is 0 Å². The Balaban J connectivity index is 0.767. The molecule has 0 spiro atoms. The molecule has 1 aliphatic heterocycles. The summed E-state index contributed by atoms with van der Waals surface area (Å²) in [7, 11) is -8.13. The van der Waals surface area contributed by atoms with E-state index in [9.17, 15) is 28.7 Å². The fraction of sp³-hybridized carbons (Fsp3) is 0.220. The lowest BCUT2D eigenvalue weighted by Crippen LogP contribution is -2.35. The predicted octanol–water partition coefficient (Wildman–Crippen LogP) is 10.1. The third-order valence-corrected chi connectivity index (χ3v) is 16.6. The molecule has 1 atom stereocenters. The van der Waals surface area contributed by atoms with Crippen LogP contribution in [0.2, 0.25) is 0 Å². The van der Waals surface area contributed by atoms with Crippen molar-refractivity contribution < 1.29 is 47.0 Å². The van der Waals surface area contributed by atoms with E-state index in [-0.39, 0.29) is 24.8 Å². The van der Waals surface area contributed by atoms with Gasteiger partial charge in [-0.2, -0.15) is 13.7 Å². The van der Waals surface area contributed by atoms with Gasteiger partial charge in [0.2, 0.25) is 5.69 Å². The average molecular weight is 1060 g/mol. The van der Waals surface area contributed by atoms with Crippen LogP contribution >= 0.6 is 27.0 Å². The van der Waals surface area contributed by atoms with Gasteiger partial charge in [-0.3, -0.25) is 14.1 Å². The summed E-state index contributed by atoms with van der Waals surface area (Å²) in [4.78, 5) is 49.9. The molecule has 13 nitrogen and oxygen atoms in total. The fourth-order valence-electron chi connectivity index (χ4n) is 9.89.